The van der Waals surface area contributed by atoms with Gasteiger partial charge in [-0.2, -0.15) is 0 Å². The molecule has 7 heteroatoms. The number of benzene rings is 3. The van der Waals surface area contributed by atoms with Crippen LogP contribution in [0.5, 0.6) is 0 Å². The van der Waals surface area contributed by atoms with Crippen LogP contribution in [0.4, 0.5) is 0 Å². The Labute approximate surface area is 194 Å². The van der Waals surface area contributed by atoms with E-state index in [0.717, 1.165) is 37.8 Å². The molecule has 3 N–H and O–H groups in total. The molecule has 2 heterocycles. The average molecular weight is 455 g/mol. The standard InChI is InChI=1S/C26H22N4O2S/c1-27-24(31)22(13-17-14-28-21-12-5-4-10-19(17)21)29-25(32)23-15-33-26(30-23)20-11-6-8-16-7-2-3-9-18(16)20/h2-12,14-15,22,28H,13H2,1H3,(H,27,31)(H,29,32)/t22-/m0/s1. The lowest BCUT2D eigenvalue weighted by Gasteiger charge is -2.16. The number of nitrogens with zero attached hydrogens (tertiary/aromatic N) is 1. The molecule has 0 aliphatic carbocycles. The maximum Gasteiger partial charge on any atom is 0.271 e. The second kappa shape index (κ2) is 8.88. The topological polar surface area (TPSA) is 86.9 Å². The molecule has 5 aromatic rings. The van der Waals surface area contributed by atoms with E-state index in [9.17, 15) is 9.59 Å². The van der Waals surface area contributed by atoms with Crippen molar-refractivity contribution in [3.8, 4) is 10.6 Å². The van der Waals surface area contributed by atoms with Crippen LogP contribution in [-0.2, 0) is 11.2 Å². The Bertz CT molecular complexity index is 1460. The Morgan fingerprint density at radius 1 is 1.00 bits per heavy atom. The SMILES string of the molecule is CNC(=O)[C@H](Cc1c[nH]c2ccccc12)NC(=O)c1csc(-c2cccc3ccccc23)n1. The fourth-order valence-corrected chi connectivity index (χ4v) is 4.89. The molecule has 33 heavy (non-hydrogen) atoms. The van der Waals surface area contributed by atoms with Crippen molar-refractivity contribution in [1.29, 1.82) is 0 Å². The van der Waals surface area contributed by atoms with Gasteiger partial charge in [-0.05, 0) is 22.4 Å². The van der Waals surface area contributed by atoms with Gasteiger partial charge in [-0.1, -0.05) is 60.7 Å². The minimum atomic E-state index is -0.718. The number of amides is 2. The molecule has 0 radical (unpaired) electrons. The van der Waals surface area contributed by atoms with E-state index in [2.05, 4.69) is 38.8 Å². The summed E-state index contributed by atoms with van der Waals surface area (Å²) >= 11 is 1.42. The van der Waals surface area contributed by atoms with E-state index in [-0.39, 0.29) is 11.8 Å². The number of H-pyrrole nitrogens is 1. The lowest BCUT2D eigenvalue weighted by Crippen LogP contribution is -2.47. The van der Waals surface area contributed by atoms with E-state index < -0.39 is 6.04 Å². The third kappa shape index (κ3) is 4.10. The smallest absolute Gasteiger partial charge is 0.271 e. The summed E-state index contributed by atoms with van der Waals surface area (Å²) in [6.45, 7) is 0. The Morgan fingerprint density at radius 3 is 2.61 bits per heavy atom. The lowest BCUT2D eigenvalue weighted by molar-refractivity contribution is -0.122. The van der Waals surface area contributed by atoms with Crippen LogP contribution in [0, 0.1) is 0 Å². The largest absolute Gasteiger partial charge is 0.361 e. The first-order chi connectivity index (χ1) is 16.1. The Morgan fingerprint density at radius 2 is 1.76 bits per heavy atom. The van der Waals surface area contributed by atoms with Crippen LogP contribution in [0.15, 0.2) is 78.3 Å². The predicted molar refractivity (Wildman–Crippen MR) is 132 cm³/mol. The highest BCUT2D eigenvalue weighted by Crippen LogP contribution is 2.31. The van der Waals surface area contributed by atoms with Gasteiger partial charge in [-0.15, -0.1) is 11.3 Å². The molecule has 2 aromatic heterocycles. The number of likely N-dealkylation sites (N-methyl/N-ethyl adjacent to an activating group) is 1. The van der Waals surface area contributed by atoms with Gasteiger partial charge in [0.2, 0.25) is 5.91 Å². The minimum absolute atomic E-state index is 0.252. The van der Waals surface area contributed by atoms with Gasteiger partial charge in [0.05, 0.1) is 0 Å². The molecule has 164 valence electrons. The van der Waals surface area contributed by atoms with Crippen LogP contribution in [0.1, 0.15) is 16.1 Å². The Hall–Kier alpha value is -3.97. The molecule has 0 unspecified atom stereocenters. The van der Waals surface area contributed by atoms with Crippen molar-refractivity contribution < 1.29 is 9.59 Å². The first-order valence-electron chi connectivity index (χ1n) is 10.6. The van der Waals surface area contributed by atoms with Gasteiger partial charge in [0.25, 0.3) is 5.91 Å². The minimum Gasteiger partial charge on any atom is -0.361 e. The summed E-state index contributed by atoms with van der Waals surface area (Å²) < 4.78 is 0. The van der Waals surface area contributed by atoms with Crippen molar-refractivity contribution in [3.05, 3.63) is 89.6 Å². The number of aromatic nitrogens is 2. The van der Waals surface area contributed by atoms with Gasteiger partial charge in [-0.3, -0.25) is 9.59 Å². The predicted octanol–water partition coefficient (Wildman–Crippen LogP) is 4.53. The highest BCUT2D eigenvalue weighted by Gasteiger charge is 2.23. The van der Waals surface area contributed by atoms with Crippen molar-refractivity contribution in [2.24, 2.45) is 0 Å². The molecule has 0 aliphatic rings. The van der Waals surface area contributed by atoms with Crippen LogP contribution in [0.2, 0.25) is 0 Å². The zero-order chi connectivity index (χ0) is 22.8. The Kier molecular flexibility index (Phi) is 5.62. The van der Waals surface area contributed by atoms with Crippen molar-refractivity contribution in [2.75, 3.05) is 7.05 Å². The van der Waals surface area contributed by atoms with Gasteiger partial charge < -0.3 is 15.6 Å². The summed E-state index contributed by atoms with van der Waals surface area (Å²) in [5.41, 5.74) is 3.25. The van der Waals surface area contributed by atoms with Gasteiger partial charge in [0.1, 0.15) is 16.7 Å². The molecule has 1 atom stereocenters. The highest BCUT2D eigenvalue weighted by molar-refractivity contribution is 7.13. The fourth-order valence-electron chi connectivity index (χ4n) is 4.05. The van der Waals surface area contributed by atoms with Crippen molar-refractivity contribution in [3.63, 3.8) is 0 Å². The van der Waals surface area contributed by atoms with E-state index >= 15 is 0 Å². The molecule has 0 fully saturated rings. The van der Waals surface area contributed by atoms with Crippen LogP contribution >= 0.6 is 11.3 Å². The zero-order valence-electron chi connectivity index (χ0n) is 18.0. The summed E-state index contributed by atoms with van der Waals surface area (Å²) in [6, 6.07) is 21.3. The molecule has 5 rings (SSSR count). The molecule has 0 saturated heterocycles. The number of aromatic amines is 1. The Balaban J connectivity index is 1.39. The third-order valence-corrected chi connectivity index (χ3v) is 6.60. The van der Waals surface area contributed by atoms with Crippen LogP contribution in [0.25, 0.3) is 32.2 Å². The number of thiazole rings is 1. The summed E-state index contributed by atoms with van der Waals surface area (Å²) in [6.07, 6.45) is 2.25. The molecule has 3 aromatic carbocycles. The number of hydrogen-bond donors (Lipinski definition) is 3. The van der Waals surface area contributed by atoms with E-state index in [1.165, 1.54) is 11.3 Å². The monoisotopic (exact) mass is 454 g/mol. The number of hydrogen-bond acceptors (Lipinski definition) is 4. The molecule has 0 bridgehead atoms. The zero-order valence-corrected chi connectivity index (χ0v) is 18.8. The van der Waals surface area contributed by atoms with Crippen molar-refractivity contribution >= 4 is 44.8 Å². The maximum atomic E-state index is 13.0. The molecular weight excluding hydrogens is 432 g/mol. The fraction of sp³-hybridized carbons (Fsp3) is 0.115. The number of para-hydroxylation sites is 1. The first kappa shape index (κ1) is 20.9. The molecule has 2 amide bonds. The van der Waals surface area contributed by atoms with Crippen LogP contribution in [-0.4, -0.2) is 34.9 Å². The van der Waals surface area contributed by atoms with E-state index in [0.29, 0.717) is 12.1 Å². The average Bonchev–Trinajstić information content (AvgIpc) is 3.51. The molecule has 6 nitrogen and oxygen atoms in total. The van der Waals surface area contributed by atoms with Crippen molar-refractivity contribution in [2.45, 2.75) is 12.5 Å². The first-order valence-corrected chi connectivity index (χ1v) is 11.5. The third-order valence-electron chi connectivity index (χ3n) is 5.72. The quantitative estimate of drug-likeness (QED) is 0.352. The second-order valence-corrected chi connectivity index (χ2v) is 8.63. The van der Waals surface area contributed by atoms with E-state index in [1.807, 2.05) is 54.7 Å². The van der Waals surface area contributed by atoms with E-state index in [1.54, 1.807) is 12.4 Å². The maximum absolute atomic E-state index is 13.0. The van der Waals surface area contributed by atoms with Gasteiger partial charge in [-0.25, -0.2) is 4.98 Å². The summed E-state index contributed by atoms with van der Waals surface area (Å²) in [5.74, 6) is -0.621. The molecule has 0 aliphatic heterocycles. The number of nitrogens with one attached hydrogen (secondary N) is 3. The number of rotatable bonds is 6. The number of carbonyl (C=O) groups is 2. The van der Waals surface area contributed by atoms with E-state index in [4.69, 9.17) is 0 Å². The van der Waals surface area contributed by atoms with Gasteiger partial charge >= 0.3 is 0 Å². The van der Waals surface area contributed by atoms with Gasteiger partial charge in [0.15, 0.2) is 0 Å². The highest BCUT2D eigenvalue weighted by atomic mass is 32.1. The van der Waals surface area contributed by atoms with Crippen molar-refractivity contribution in [1.82, 2.24) is 20.6 Å². The van der Waals surface area contributed by atoms with Gasteiger partial charge in [0, 0.05) is 41.5 Å². The number of fused-ring (bicyclic) bond motifs is 2. The number of carbonyl (C=O) groups excluding carboxylic acids is 2. The summed E-state index contributed by atoms with van der Waals surface area (Å²) in [5, 5.41) is 11.3. The van der Waals surface area contributed by atoms with Crippen LogP contribution < -0.4 is 10.6 Å². The lowest BCUT2D eigenvalue weighted by atomic mass is 10.0. The molecule has 0 saturated carbocycles. The van der Waals surface area contributed by atoms with Crippen LogP contribution in [0.3, 0.4) is 0 Å². The molecule has 0 spiro atoms. The molecular formula is C26H22N4O2S. The second-order valence-electron chi connectivity index (χ2n) is 7.77. The summed E-state index contributed by atoms with van der Waals surface area (Å²) in [4.78, 5) is 33.4. The summed E-state index contributed by atoms with van der Waals surface area (Å²) in [7, 11) is 1.57. The normalized spacial score (nSPS) is 12.0.